The van der Waals surface area contributed by atoms with Gasteiger partial charge in [0.05, 0.1) is 11.7 Å². The van der Waals surface area contributed by atoms with Gasteiger partial charge < -0.3 is 10.6 Å². The maximum Gasteiger partial charge on any atom is 0.0670 e. The third kappa shape index (κ3) is 3.05. The first-order valence-electron chi connectivity index (χ1n) is 7.77. The lowest BCUT2D eigenvalue weighted by atomic mass is 10.0. The van der Waals surface area contributed by atoms with Crippen LogP contribution >= 0.6 is 0 Å². The second-order valence-electron chi connectivity index (χ2n) is 5.85. The molecule has 1 fully saturated rings. The topological polar surface area (TPSA) is 50.3 Å². The van der Waals surface area contributed by atoms with Crippen molar-refractivity contribution in [3.8, 4) is 0 Å². The molecule has 1 aliphatic rings. The van der Waals surface area contributed by atoms with Gasteiger partial charge in [0.1, 0.15) is 0 Å². The van der Waals surface area contributed by atoms with Crippen LogP contribution in [0.5, 0.6) is 0 Å². The molecule has 2 atom stereocenters. The van der Waals surface area contributed by atoms with Crippen LogP contribution < -0.4 is 5.73 Å². The van der Waals surface area contributed by atoms with E-state index >= 15 is 0 Å². The average Bonchev–Trinajstić information content (AvgIpc) is 2.82. The summed E-state index contributed by atoms with van der Waals surface area (Å²) in [5.41, 5.74) is 8.60. The Morgan fingerprint density at radius 2 is 2.10 bits per heavy atom. The Morgan fingerprint density at radius 3 is 2.70 bits per heavy atom. The Morgan fingerprint density at radius 1 is 1.35 bits per heavy atom. The second kappa shape index (κ2) is 6.70. The molecule has 1 aliphatic heterocycles. The van der Waals surface area contributed by atoms with Crippen LogP contribution in [0.3, 0.4) is 0 Å². The van der Waals surface area contributed by atoms with Gasteiger partial charge >= 0.3 is 0 Å². The van der Waals surface area contributed by atoms with E-state index in [-0.39, 0.29) is 0 Å². The van der Waals surface area contributed by atoms with Gasteiger partial charge in [-0.2, -0.15) is 5.10 Å². The van der Waals surface area contributed by atoms with Crippen molar-refractivity contribution in [2.75, 3.05) is 33.2 Å². The van der Waals surface area contributed by atoms with Crippen LogP contribution in [0.2, 0.25) is 0 Å². The minimum atomic E-state index is 0.307. The van der Waals surface area contributed by atoms with Gasteiger partial charge in [-0.15, -0.1) is 0 Å². The molecule has 1 aromatic heterocycles. The molecule has 20 heavy (non-hydrogen) atoms. The van der Waals surface area contributed by atoms with Crippen molar-refractivity contribution >= 4 is 0 Å². The number of aromatic nitrogens is 2. The Bertz CT molecular complexity index is 428. The van der Waals surface area contributed by atoms with E-state index in [0.29, 0.717) is 18.6 Å². The predicted molar refractivity (Wildman–Crippen MR) is 82.7 cm³/mol. The highest BCUT2D eigenvalue weighted by atomic mass is 15.3. The lowest BCUT2D eigenvalue weighted by Gasteiger charge is -2.42. The molecule has 2 N–H and O–H groups in total. The molecule has 0 saturated carbocycles. The van der Waals surface area contributed by atoms with Crippen LogP contribution in [0.4, 0.5) is 0 Å². The third-order valence-corrected chi connectivity index (χ3v) is 4.58. The quantitative estimate of drug-likeness (QED) is 0.874. The monoisotopic (exact) mass is 279 g/mol. The molecule has 1 aromatic rings. The number of nitrogens with zero attached hydrogens (tertiary/aromatic N) is 4. The fourth-order valence-electron chi connectivity index (χ4n) is 3.27. The van der Waals surface area contributed by atoms with Crippen molar-refractivity contribution < 1.29 is 0 Å². The summed E-state index contributed by atoms with van der Waals surface area (Å²) in [6.07, 6.45) is 4.31. The summed E-state index contributed by atoms with van der Waals surface area (Å²) in [6, 6.07) is 0.945. The molecule has 0 bridgehead atoms. The summed E-state index contributed by atoms with van der Waals surface area (Å²) in [5.74, 6) is 0. The number of nitrogens with two attached hydrogens (primary N) is 1. The number of rotatable bonds is 5. The van der Waals surface area contributed by atoms with Gasteiger partial charge in [0.2, 0.25) is 0 Å². The van der Waals surface area contributed by atoms with Gasteiger partial charge in [-0.3, -0.25) is 9.58 Å². The van der Waals surface area contributed by atoms with E-state index in [1.807, 2.05) is 11.7 Å². The molecule has 1 saturated heterocycles. The first-order valence-corrected chi connectivity index (χ1v) is 7.77. The normalized spacial score (nSPS) is 23.1. The summed E-state index contributed by atoms with van der Waals surface area (Å²) in [4.78, 5) is 5.01. The van der Waals surface area contributed by atoms with E-state index in [9.17, 15) is 0 Å². The number of piperazine rings is 1. The van der Waals surface area contributed by atoms with Crippen LogP contribution in [0.1, 0.15) is 37.6 Å². The van der Waals surface area contributed by atoms with Crippen molar-refractivity contribution in [3.05, 3.63) is 17.5 Å². The minimum Gasteiger partial charge on any atom is -0.329 e. The van der Waals surface area contributed by atoms with Crippen LogP contribution in [0, 0.1) is 0 Å². The fraction of sp³-hybridized carbons (Fsp3) is 0.800. The van der Waals surface area contributed by atoms with E-state index in [2.05, 4.69) is 42.0 Å². The molecule has 2 unspecified atom stereocenters. The predicted octanol–water partition coefficient (Wildman–Crippen LogP) is 1.01. The van der Waals surface area contributed by atoms with E-state index in [1.165, 1.54) is 17.7 Å². The highest BCUT2D eigenvalue weighted by Gasteiger charge is 2.29. The molecule has 5 nitrogen and oxygen atoms in total. The first kappa shape index (κ1) is 15.5. The summed E-state index contributed by atoms with van der Waals surface area (Å²) in [6.45, 7) is 8.41. The largest absolute Gasteiger partial charge is 0.329 e. The van der Waals surface area contributed by atoms with Crippen molar-refractivity contribution in [2.45, 2.75) is 38.8 Å². The van der Waals surface area contributed by atoms with Crippen molar-refractivity contribution in [1.82, 2.24) is 19.6 Å². The van der Waals surface area contributed by atoms with Gasteiger partial charge in [-0.25, -0.2) is 0 Å². The highest BCUT2D eigenvalue weighted by molar-refractivity contribution is 5.22. The van der Waals surface area contributed by atoms with Crippen LogP contribution in [0.15, 0.2) is 6.20 Å². The minimum absolute atomic E-state index is 0.307. The maximum absolute atomic E-state index is 6.10. The standard InChI is InChI=1S/C15H29N5/c1-5-12-10-20(8-7-18(12)3)15(9-16)13-11-19(4)17-14(13)6-2/h11-12,15H,5-10,16H2,1-4H3. The SMILES string of the molecule is CCc1nn(C)cc1C(CN)N1CCN(C)C(CC)C1. The van der Waals surface area contributed by atoms with E-state index in [0.717, 1.165) is 26.1 Å². The van der Waals surface area contributed by atoms with Gasteiger partial charge in [-0.05, 0) is 19.9 Å². The molecule has 0 radical (unpaired) electrons. The van der Waals surface area contributed by atoms with E-state index in [1.54, 1.807) is 0 Å². The van der Waals surface area contributed by atoms with Crippen molar-refractivity contribution in [2.24, 2.45) is 12.8 Å². The number of hydrogen-bond donors (Lipinski definition) is 1. The van der Waals surface area contributed by atoms with Crippen LogP contribution in [-0.4, -0.2) is 58.8 Å². The van der Waals surface area contributed by atoms with E-state index in [4.69, 9.17) is 5.73 Å². The zero-order chi connectivity index (χ0) is 14.7. The molecule has 0 aromatic carbocycles. The van der Waals surface area contributed by atoms with Gasteiger partial charge in [0.15, 0.2) is 0 Å². The van der Waals surface area contributed by atoms with Crippen molar-refractivity contribution in [1.29, 1.82) is 0 Å². The Labute approximate surface area is 122 Å². The maximum atomic E-state index is 6.10. The average molecular weight is 279 g/mol. The Balaban J connectivity index is 2.19. The molecule has 0 amide bonds. The fourth-order valence-corrected chi connectivity index (χ4v) is 3.27. The molecule has 0 spiro atoms. The van der Waals surface area contributed by atoms with Gasteiger partial charge in [-0.1, -0.05) is 13.8 Å². The molecule has 2 rings (SSSR count). The molecule has 0 aliphatic carbocycles. The molecule has 5 heteroatoms. The lowest BCUT2D eigenvalue weighted by Crippen LogP contribution is -2.53. The van der Waals surface area contributed by atoms with Gasteiger partial charge in [0, 0.05) is 51.0 Å². The molecule has 2 heterocycles. The molecular weight excluding hydrogens is 250 g/mol. The number of aryl methyl sites for hydroxylation is 2. The zero-order valence-corrected chi connectivity index (χ0v) is 13.3. The van der Waals surface area contributed by atoms with Crippen LogP contribution in [-0.2, 0) is 13.5 Å². The number of likely N-dealkylation sites (N-methyl/N-ethyl adjacent to an activating group) is 1. The highest BCUT2D eigenvalue weighted by Crippen LogP contribution is 2.26. The summed E-state index contributed by atoms with van der Waals surface area (Å²) in [7, 11) is 4.22. The molecular formula is C15H29N5. The Kier molecular flexibility index (Phi) is 5.18. The third-order valence-electron chi connectivity index (χ3n) is 4.58. The van der Waals surface area contributed by atoms with Crippen LogP contribution in [0.25, 0.3) is 0 Å². The van der Waals surface area contributed by atoms with E-state index < -0.39 is 0 Å². The smallest absolute Gasteiger partial charge is 0.0670 e. The van der Waals surface area contributed by atoms with Crippen molar-refractivity contribution in [3.63, 3.8) is 0 Å². The number of hydrogen-bond acceptors (Lipinski definition) is 4. The molecule has 114 valence electrons. The second-order valence-corrected chi connectivity index (χ2v) is 5.85. The Hall–Kier alpha value is -0.910. The van der Waals surface area contributed by atoms with Gasteiger partial charge in [0.25, 0.3) is 0 Å². The summed E-state index contributed by atoms with van der Waals surface area (Å²) >= 11 is 0. The summed E-state index contributed by atoms with van der Waals surface area (Å²) in [5, 5.41) is 4.57. The zero-order valence-electron chi connectivity index (χ0n) is 13.3. The lowest BCUT2D eigenvalue weighted by molar-refractivity contribution is 0.0641. The first-order chi connectivity index (χ1) is 9.60. The summed E-state index contributed by atoms with van der Waals surface area (Å²) < 4.78 is 1.92.